The lowest BCUT2D eigenvalue weighted by Crippen LogP contribution is -2.37. The van der Waals surface area contributed by atoms with Gasteiger partial charge in [0.05, 0.1) is 12.5 Å². The predicted molar refractivity (Wildman–Crippen MR) is 84.2 cm³/mol. The minimum absolute atomic E-state index is 0.000773. The van der Waals surface area contributed by atoms with Crippen molar-refractivity contribution < 1.29 is 23.1 Å². The standard InChI is InChI=1S/C15H23F3N2O2S/c1-8(6-21)13(3)5-10(13)9(2)19-12-20-11(22)14(4,23-12)7-15(16,17)18/h8-10,21H,5-7H2,1-4H3,(H,19,20,22). The zero-order valence-electron chi connectivity index (χ0n) is 13.7. The highest BCUT2D eigenvalue weighted by molar-refractivity contribution is 8.16. The third-order valence-corrected chi connectivity index (χ3v) is 6.39. The number of thioether (sulfide) groups is 1. The molecule has 0 spiro atoms. The molecule has 2 aliphatic rings. The summed E-state index contributed by atoms with van der Waals surface area (Å²) in [5.41, 5.74) is 0.000773. The predicted octanol–water partition coefficient (Wildman–Crippen LogP) is 2.96. The van der Waals surface area contributed by atoms with Crippen LogP contribution < -0.4 is 5.32 Å². The first-order valence-corrected chi connectivity index (χ1v) is 8.49. The molecule has 5 atom stereocenters. The first-order chi connectivity index (χ1) is 10.4. The van der Waals surface area contributed by atoms with E-state index in [2.05, 4.69) is 17.2 Å². The maximum absolute atomic E-state index is 12.6. The number of nitrogens with zero attached hydrogens (tertiary/aromatic N) is 1. The molecule has 1 saturated heterocycles. The molecule has 8 heteroatoms. The van der Waals surface area contributed by atoms with Crippen LogP contribution in [0, 0.1) is 17.3 Å². The number of aliphatic hydroxyl groups excluding tert-OH is 1. The normalized spacial score (nSPS) is 38.5. The average molecular weight is 352 g/mol. The average Bonchev–Trinajstić information content (AvgIpc) is 3.01. The first kappa shape index (κ1) is 18.6. The van der Waals surface area contributed by atoms with E-state index in [0.717, 1.165) is 18.2 Å². The molecule has 1 saturated carbocycles. The summed E-state index contributed by atoms with van der Waals surface area (Å²) in [5, 5.41) is 12.0. The number of amidine groups is 1. The Kier molecular flexibility index (Phi) is 4.81. The number of rotatable bonds is 5. The molecule has 5 unspecified atom stereocenters. The number of halogens is 3. The Balaban J connectivity index is 2.04. The van der Waals surface area contributed by atoms with Crippen molar-refractivity contribution in [3.63, 3.8) is 0 Å². The maximum Gasteiger partial charge on any atom is 0.390 e. The van der Waals surface area contributed by atoms with Gasteiger partial charge < -0.3 is 10.4 Å². The van der Waals surface area contributed by atoms with Crippen molar-refractivity contribution in [1.29, 1.82) is 0 Å². The van der Waals surface area contributed by atoms with E-state index in [9.17, 15) is 23.1 Å². The second-order valence-electron chi connectivity index (χ2n) is 7.15. The number of amides is 1. The molecular weight excluding hydrogens is 329 g/mol. The lowest BCUT2D eigenvalue weighted by Gasteiger charge is -2.20. The van der Waals surface area contributed by atoms with E-state index in [0.29, 0.717) is 0 Å². The molecule has 2 fully saturated rings. The van der Waals surface area contributed by atoms with E-state index in [-0.39, 0.29) is 35.1 Å². The molecular formula is C15H23F3N2O2S. The van der Waals surface area contributed by atoms with Crippen LogP contribution in [-0.4, -0.2) is 39.8 Å². The van der Waals surface area contributed by atoms with Crippen molar-refractivity contribution in [3.05, 3.63) is 0 Å². The first-order valence-electron chi connectivity index (χ1n) is 7.67. The molecule has 23 heavy (non-hydrogen) atoms. The lowest BCUT2D eigenvalue weighted by atomic mass is 9.89. The topological polar surface area (TPSA) is 61.7 Å². The smallest absolute Gasteiger partial charge is 0.390 e. The summed E-state index contributed by atoms with van der Waals surface area (Å²) in [4.78, 5) is 16.3. The van der Waals surface area contributed by atoms with E-state index >= 15 is 0 Å². The van der Waals surface area contributed by atoms with Crippen LogP contribution in [0.5, 0.6) is 0 Å². The number of aliphatic hydroxyl groups is 1. The van der Waals surface area contributed by atoms with E-state index < -0.39 is 23.3 Å². The monoisotopic (exact) mass is 352 g/mol. The van der Waals surface area contributed by atoms with Gasteiger partial charge in [-0.1, -0.05) is 25.6 Å². The molecule has 1 amide bonds. The molecule has 0 aromatic rings. The van der Waals surface area contributed by atoms with Gasteiger partial charge in [-0.3, -0.25) is 9.79 Å². The van der Waals surface area contributed by atoms with Gasteiger partial charge in [0.2, 0.25) is 5.91 Å². The zero-order valence-corrected chi connectivity index (χ0v) is 14.5. The van der Waals surface area contributed by atoms with Crippen LogP contribution in [0.2, 0.25) is 0 Å². The summed E-state index contributed by atoms with van der Waals surface area (Å²) in [7, 11) is 0. The molecule has 4 nitrogen and oxygen atoms in total. The highest BCUT2D eigenvalue weighted by atomic mass is 32.2. The second-order valence-corrected chi connectivity index (χ2v) is 8.65. The molecule has 0 radical (unpaired) electrons. The molecule has 1 aliphatic heterocycles. The van der Waals surface area contributed by atoms with Crippen molar-refractivity contribution in [2.75, 3.05) is 6.61 Å². The van der Waals surface area contributed by atoms with E-state index in [1.165, 1.54) is 6.92 Å². The number of hydrogen-bond donors (Lipinski definition) is 2. The SMILES string of the molecule is CC(N=C1NC(=O)C(C)(CC(F)(F)F)S1)C1CC1(C)C(C)CO. The van der Waals surface area contributed by atoms with Gasteiger partial charge in [-0.05, 0) is 37.5 Å². The van der Waals surface area contributed by atoms with Crippen molar-refractivity contribution in [3.8, 4) is 0 Å². The van der Waals surface area contributed by atoms with Gasteiger partial charge in [0, 0.05) is 6.61 Å². The van der Waals surface area contributed by atoms with Gasteiger partial charge in [0.1, 0.15) is 4.75 Å². The zero-order chi connectivity index (χ0) is 17.6. The van der Waals surface area contributed by atoms with Gasteiger partial charge in [0.25, 0.3) is 0 Å². The third kappa shape index (κ3) is 3.84. The summed E-state index contributed by atoms with van der Waals surface area (Å²) in [6, 6.07) is -0.106. The van der Waals surface area contributed by atoms with Crippen molar-refractivity contribution in [2.24, 2.45) is 22.2 Å². The number of carbonyl (C=O) groups is 1. The fraction of sp³-hybridized carbons (Fsp3) is 0.867. The van der Waals surface area contributed by atoms with Crippen molar-refractivity contribution in [2.45, 2.75) is 57.5 Å². The summed E-state index contributed by atoms with van der Waals surface area (Å²) in [6.07, 6.45) is -4.65. The molecule has 0 aromatic carbocycles. The van der Waals surface area contributed by atoms with E-state index in [1.807, 2.05) is 13.8 Å². The summed E-state index contributed by atoms with van der Waals surface area (Å²) < 4.78 is 36.3. The molecule has 1 aliphatic carbocycles. The van der Waals surface area contributed by atoms with E-state index in [4.69, 9.17) is 0 Å². The highest BCUT2D eigenvalue weighted by Gasteiger charge is 2.56. The quantitative estimate of drug-likeness (QED) is 0.800. The maximum atomic E-state index is 12.6. The highest BCUT2D eigenvalue weighted by Crippen LogP contribution is 2.59. The number of carbonyl (C=O) groups excluding carboxylic acids is 1. The van der Waals surface area contributed by atoms with Crippen LogP contribution in [0.25, 0.3) is 0 Å². The molecule has 0 aromatic heterocycles. The van der Waals surface area contributed by atoms with E-state index in [1.54, 1.807) is 0 Å². The van der Waals surface area contributed by atoms with Gasteiger partial charge >= 0.3 is 6.18 Å². The fourth-order valence-electron chi connectivity index (χ4n) is 3.26. The molecule has 1 heterocycles. The van der Waals surface area contributed by atoms with Gasteiger partial charge in [-0.15, -0.1) is 0 Å². The van der Waals surface area contributed by atoms with Gasteiger partial charge in [-0.2, -0.15) is 13.2 Å². The fourth-order valence-corrected chi connectivity index (χ4v) is 4.43. The van der Waals surface area contributed by atoms with Gasteiger partial charge in [0.15, 0.2) is 5.17 Å². The lowest BCUT2D eigenvalue weighted by molar-refractivity contribution is -0.148. The Hall–Kier alpha value is -0.760. The van der Waals surface area contributed by atoms with Crippen molar-refractivity contribution in [1.82, 2.24) is 5.32 Å². The Morgan fingerprint density at radius 2 is 2.04 bits per heavy atom. The Morgan fingerprint density at radius 1 is 1.43 bits per heavy atom. The van der Waals surface area contributed by atoms with Crippen molar-refractivity contribution >= 4 is 22.8 Å². The largest absolute Gasteiger partial charge is 0.396 e. The van der Waals surface area contributed by atoms with Crippen LogP contribution in [-0.2, 0) is 4.79 Å². The van der Waals surface area contributed by atoms with Crippen LogP contribution in [0.15, 0.2) is 4.99 Å². The molecule has 0 bridgehead atoms. The summed E-state index contributed by atoms with van der Waals surface area (Å²) in [6.45, 7) is 7.36. The number of nitrogens with one attached hydrogen (secondary N) is 1. The Labute approximate surface area is 138 Å². The number of hydrogen-bond acceptors (Lipinski definition) is 4. The number of aliphatic imine (C=N–C) groups is 1. The van der Waals surface area contributed by atoms with Crippen LogP contribution in [0.3, 0.4) is 0 Å². The third-order valence-electron chi connectivity index (χ3n) is 5.21. The van der Waals surface area contributed by atoms with Crippen LogP contribution in [0.4, 0.5) is 13.2 Å². The minimum atomic E-state index is -4.40. The second kappa shape index (κ2) is 5.95. The minimum Gasteiger partial charge on any atom is -0.396 e. The molecule has 132 valence electrons. The molecule has 2 N–H and O–H groups in total. The van der Waals surface area contributed by atoms with Crippen LogP contribution >= 0.6 is 11.8 Å². The molecule has 2 rings (SSSR count). The summed E-state index contributed by atoms with van der Waals surface area (Å²) >= 11 is 0.856. The Morgan fingerprint density at radius 3 is 2.57 bits per heavy atom. The van der Waals surface area contributed by atoms with Crippen LogP contribution in [0.1, 0.15) is 40.5 Å². The van der Waals surface area contributed by atoms with Gasteiger partial charge in [-0.25, -0.2) is 0 Å². The Bertz CT molecular complexity index is 525. The number of alkyl halides is 3. The summed E-state index contributed by atoms with van der Waals surface area (Å²) in [5.74, 6) is -0.228.